The van der Waals surface area contributed by atoms with Crippen LogP contribution in [0.4, 0.5) is 4.39 Å². The number of halogens is 1. The molecule has 1 rings (SSSR count). The quantitative estimate of drug-likeness (QED) is 0.746. The molecule has 0 aromatic rings. The molecule has 3 nitrogen and oxygen atoms in total. The van der Waals surface area contributed by atoms with Gasteiger partial charge in [-0.15, -0.1) is 0 Å². The highest BCUT2D eigenvalue weighted by molar-refractivity contribution is 7.89. The molecule has 1 fully saturated rings. The topological polar surface area (TPSA) is 60.2 Å². The van der Waals surface area contributed by atoms with Crippen LogP contribution in [0, 0.1) is 0 Å². The van der Waals surface area contributed by atoms with Gasteiger partial charge in [-0.25, -0.2) is 17.9 Å². The van der Waals surface area contributed by atoms with Crippen LogP contribution in [0.1, 0.15) is 39.0 Å². The van der Waals surface area contributed by atoms with Crippen molar-refractivity contribution in [2.24, 2.45) is 5.14 Å². The van der Waals surface area contributed by atoms with Crippen molar-refractivity contribution in [3.8, 4) is 0 Å². The first-order valence-corrected chi connectivity index (χ1v) is 6.18. The summed E-state index contributed by atoms with van der Waals surface area (Å²) in [7, 11) is -3.74. The average Bonchev–Trinajstić information content (AvgIpc) is 2.03. The highest BCUT2D eigenvalue weighted by atomic mass is 32.2. The lowest BCUT2D eigenvalue weighted by Gasteiger charge is -2.33. The maximum atomic E-state index is 14.0. The number of alkyl halides is 1. The Balaban J connectivity index is 2.79. The van der Waals surface area contributed by atoms with Crippen molar-refractivity contribution >= 4 is 10.0 Å². The van der Waals surface area contributed by atoms with Crippen molar-refractivity contribution in [3.63, 3.8) is 0 Å². The van der Waals surface area contributed by atoms with Crippen molar-refractivity contribution in [3.05, 3.63) is 0 Å². The van der Waals surface area contributed by atoms with E-state index in [1.807, 2.05) is 0 Å². The van der Waals surface area contributed by atoms with Crippen LogP contribution in [-0.4, -0.2) is 19.3 Å². The third kappa shape index (κ3) is 2.40. The zero-order chi connectivity index (χ0) is 10.1. The molecule has 1 atom stereocenters. The molecule has 1 unspecified atom stereocenters. The second kappa shape index (κ2) is 3.53. The standard InChI is InChI=1S/C8H16FNO2S/c1-7(13(10,11)12)8(9)5-3-2-4-6-8/h7H,2-6H2,1H3,(H2,10,11,12). The van der Waals surface area contributed by atoms with Crippen LogP contribution in [0.5, 0.6) is 0 Å². The first-order chi connectivity index (χ1) is 5.86. The average molecular weight is 209 g/mol. The fourth-order valence-electron chi connectivity index (χ4n) is 1.84. The molecular weight excluding hydrogens is 193 g/mol. The van der Waals surface area contributed by atoms with Crippen molar-refractivity contribution in [1.29, 1.82) is 0 Å². The molecular formula is C8H16FNO2S. The van der Waals surface area contributed by atoms with Crippen LogP contribution in [-0.2, 0) is 10.0 Å². The van der Waals surface area contributed by atoms with Gasteiger partial charge in [-0.05, 0) is 19.8 Å². The van der Waals surface area contributed by atoms with E-state index >= 15 is 0 Å². The maximum absolute atomic E-state index is 14.0. The number of rotatable bonds is 2. The predicted octanol–water partition coefficient (Wildman–Crippen LogP) is 1.34. The van der Waals surface area contributed by atoms with E-state index in [1.54, 1.807) is 0 Å². The summed E-state index contributed by atoms with van der Waals surface area (Å²) in [5.74, 6) is 0. The van der Waals surface area contributed by atoms with Gasteiger partial charge in [-0.1, -0.05) is 19.3 Å². The fraction of sp³-hybridized carbons (Fsp3) is 1.00. The van der Waals surface area contributed by atoms with Gasteiger partial charge in [0.15, 0.2) is 0 Å². The van der Waals surface area contributed by atoms with Crippen LogP contribution >= 0.6 is 0 Å². The highest BCUT2D eigenvalue weighted by Gasteiger charge is 2.42. The minimum Gasteiger partial charge on any atom is -0.242 e. The Labute approximate surface area is 78.6 Å². The molecule has 13 heavy (non-hydrogen) atoms. The number of primary sulfonamides is 1. The number of hydrogen-bond donors (Lipinski definition) is 1. The Hall–Kier alpha value is -0.160. The number of nitrogens with two attached hydrogens (primary N) is 1. The summed E-state index contributed by atoms with van der Waals surface area (Å²) in [5.41, 5.74) is -1.59. The zero-order valence-electron chi connectivity index (χ0n) is 7.79. The molecule has 78 valence electrons. The summed E-state index contributed by atoms with van der Waals surface area (Å²) >= 11 is 0. The summed E-state index contributed by atoms with van der Waals surface area (Å²) in [6.45, 7) is 1.36. The van der Waals surface area contributed by atoms with E-state index in [0.29, 0.717) is 12.8 Å². The van der Waals surface area contributed by atoms with Crippen molar-refractivity contribution in [2.45, 2.75) is 49.9 Å². The highest BCUT2D eigenvalue weighted by Crippen LogP contribution is 2.36. The minimum atomic E-state index is -3.74. The van der Waals surface area contributed by atoms with Gasteiger partial charge >= 0.3 is 0 Å². The van der Waals surface area contributed by atoms with Gasteiger partial charge in [0.2, 0.25) is 10.0 Å². The van der Waals surface area contributed by atoms with Gasteiger partial charge in [0.05, 0.1) is 0 Å². The van der Waals surface area contributed by atoms with Crippen LogP contribution < -0.4 is 5.14 Å². The van der Waals surface area contributed by atoms with E-state index in [2.05, 4.69) is 0 Å². The summed E-state index contributed by atoms with van der Waals surface area (Å²) in [4.78, 5) is 0. The molecule has 0 saturated heterocycles. The molecule has 0 spiro atoms. The molecule has 1 aliphatic carbocycles. The predicted molar refractivity (Wildman–Crippen MR) is 49.5 cm³/mol. The first kappa shape index (κ1) is 10.9. The molecule has 5 heteroatoms. The zero-order valence-corrected chi connectivity index (χ0v) is 8.61. The van der Waals surface area contributed by atoms with E-state index in [0.717, 1.165) is 19.3 Å². The van der Waals surface area contributed by atoms with Crippen molar-refractivity contribution in [1.82, 2.24) is 0 Å². The van der Waals surface area contributed by atoms with Crippen LogP contribution in [0.25, 0.3) is 0 Å². The van der Waals surface area contributed by atoms with Gasteiger partial charge < -0.3 is 0 Å². The summed E-state index contributed by atoms with van der Waals surface area (Å²) in [6.07, 6.45) is 3.16. The molecule has 0 bridgehead atoms. The number of sulfonamides is 1. The Morgan fingerprint density at radius 2 is 1.77 bits per heavy atom. The largest absolute Gasteiger partial charge is 0.242 e. The molecule has 0 heterocycles. The molecule has 0 aromatic carbocycles. The van der Waals surface area contributed by atoms with E-state index in [1.165, 1.54) is 6.92 Å². The van der Waals surface area contributed by atoms with Crippen LogP contribution in [0.3, 0.4) is 0 Å². The van der Waals surface area contributed by atoms with E-state index in [4.69, 9.17) is 5.14 Å². The molecule has 1 saturated carbocycles. The molecule has 0 aliphatic heterocycles. The Bertz CT molecular complexity index is 270. The summed E-state index contributed by atoms with van der Waals surface area (Å²) in [6, 6.07) is 0. The van der Waals surface area contributed by atoms with E-state index in [-0.39, 0.29) is 0 Å². The lowest BCUT2D eigenvalue weighted by molar-refractivity contribution is 0.106. The third-order valence-electron chi connectivity index (χ3n) is 2.91. The summed E-state index contributed by atoms with van der Waals surface area (Å²) in [5, 5.41) is 3.86. The van der Waals surface area contributed by atoms with Gasteiger partial charge in [0.1, 0.15) is 10.9 Å². The first-order valence-electron chi connectivity index (χ1n) is 4.57. The Morgan fingerprint density at radius 3 is 2.15 bits per heavy atom. The maximum Gasteiger partial charge on any atom is 0.214 e. The van der Waals surface area contributed by atoms with Gasteiger partial charge in [-0.3, -0.25) is 0 Å². The lowest BCUT2D eigenvalue weighted by Crippen LogP contribution is -2.45. The third-order valence-corrected chi connectivity index (χ3v) is 4.31. The molecule has 0 radical (unpaired) electrons. The van der Waals surface area contributed by atoms with Gasteiger partial charge in [-0.2, -0.15) is 0 Å². The second-order valence-corrected chi connectivity index (χ2v) is 5.71. The minimum absolute atomic E-state index is 0.324. The Kier molecular flexibility index (Phi) is 2.97. The molecule has 2 N–H and O–H groups in total. The summed E-state index contributed by atoms with van der Waals surface area (Å²) < 4.78 is 35.9. The molecule has 0 aromatic heterocycles. The van der Waals surface area contributed by atoms with Gasteiger partial charge in [0.25, 0.3) is 0 Å². The normalized spacial score (nSPS) is 25.5. The monoisotopic (exact) mass is 209 g/mol. The second-order valence-electron chi connectivity index (χ2n) is 3.83. The van der Waals surface area contributed by atoms with E-state index in [9.17, 15) is 12.8 Å². The smallest absolute Gasteiger partial charge is 0.214 e. The Morgan fingerprint density at radius 1 is 1.31 bits per heavy atom. The van der Waals surface area contributed by atoms with E-state index < -0.39 is 20.9 Å². The van der Waals surface area contributed by atoms with Crippen molar-refractivity contribution < 1.29 is 12.8 Å². The fourth-order valence-corrected chi connectivity index (χ4v) is 2.66. The van der Waals surface area contributed by atoms with Crippen LogP contribution in [0.2, 0.25) is 0 Å². The number of hydrogen-bond acceptors (Lipinski definition) is 2. The van der Waals surface area contributed by atoms with Crippen molar-refractivity contribution in [2.75, 3.05) is 0 Å². The lowest BCUT2D eigenvalue weighted by atomic mass is 9.84. The SMILES string of the molecule is CC(C1(F)CCCCC1)S(N)(=O)=O. The molecule has 1 aliphatic rings. The molecule has 0 amide bonds. The van der Waals surface area contributed by atoms with Crippen LogP contribution in [0.15, 0.2) is 0 Å². The van der Waals surface area contributed by atoms with Gasteiger partial charge in [0, 0.05) is 0 Å².